The molecule has 0 saturated heterocycles. The van der Waals surface area contributed by atoms with Crippen LogP contribution in [-0.2, 0) is 10.5 Å². The lowest BCUT2D eigenvalue weighted by Crippen LogP contribution is -2.30. The Hall–Kier alpha value is -1.20. The van der Waals surface area contributed by atoms with Crippen molar-refractivity contribution in [3.05, 3.63) is 29.3 Å². The SMILES string of the molecule is COc1ccc(C)cc1CSCCC(N)C(=O)O. The Labute approximate surface area is 112 Å². The average molecular weight is 269 g/mol. The highest BCUT2D eigenvalue weighted by Gasteiger charge is 2.11. The second-order valence-electron chi connectivity index (χ2n) is 4.10. The number of carbonyl (C=O) groups is 1. The number of rotatable bonds is 7. The van der Waals surface area contributed by atoms with Gasteiger partial charge >= 0.3 is 5.97 Å². The van der Waals surface area contributed by atoms with Crippen LogP contribution in [0.25, 0.3) is 0 Å². The van der Waals surface area contributed by atoms with Gasteiger partial charge in [-0.25, -0.2) is 0 Å². The molecule has 100 valence electrons. The van der Waals surface area contributed by atoms with E-state index >= 15 is 0 Å². The van der Waals surface area contributed by atoms with Gasteiger partial charge in [-0.2, -0.15) is 11.8 Å². The molecular weight excluding hydrogens is 250 g/mol. The Morgan fingerprint density at radius 3 is 2.89 bits per heavy atom. The lowest BCUT2D eigenvalue weighted by atomic mass is 10.1. The van der Waals surface area contributed by atoms with Gasteiger partial charge in [0.25, 0.3) is 0 Å². The van der Waals surface area contributed by atoms with Crippen molar-refractivity contribution in [3.63, 3.8) is 0 Å². The van der Waals surface area contributed by atoms with Crippen LogP contribution in [0.4, 0.5) is 0 Å². The first-order valence-corrected chi connectivity index (χ1v) is 6.89. The van der Waals surface area contributed by atoms with Crippen molar-refractivity contribution >= 4 is 17.7 Å². The molecule has 0 fully saturated rings. The van der Waals surface area contributed by atoms with E-state index in [1.54, 1.807) is 18.9 Å². The lowest BCUT2D eigenvalue weighted by Gasteiger charge is -2.10. The molecule has 5 heteroatoms. The van der Waals surface area contributed by atoms with Crippen LogP contribution < -0.4 is 10.5 Å². The van der Waals surface area contributed by atoms with Crippen molar-refractivity contribution in [2.75, 3.05) is 12.9 Å². The number of aryl methyl sites for hydroxylation is 1. The number of carboxylic acids is 1. The zero-order valence-corrected chi connectivity index (χ0v) is 11.5. The van der Waals surface area contributed by atoms with Crippen LogP contribution in [0, 0.1) is 6.92 Å². The fourth-order valence-corrected chi connectivity index (χ4v) is 2.55. The second kappa shape index (κ2) is 7.28. The van der Waals surface area contributed by atoms with Crippen molar-refractivity contribution in [1.29, 1.82) is 0 Å². The molecule has 0 saturated carbocycles. The summed E-state index contributed by atoms with van der Waals surface area (Å²) in [5.74, 6) is 1.46. The monoisotopic (exact) mass is 269 g/mol. The maximum absolute atomic E-state index is 10.6. The largest absolute Gasteiger partial charge is 0.496 e. The third-order valence-corrected chi connectivity index (χ3v) is 3.62. The Morgan fingerprint density at radius 2 is 2.28 bits per heavy atom. The molecule has 0 bridgehead atoms. The van der Waals surface area contributed by atoms with Gasteiger partial charge in [0, 0.05) is 11.3 Å². The normalized spacial score (nSPS) is 12.2. The van der Waals surface area contributed by atoms with Crippen molar-refractivity contribution in [2.45, 2.75) is 25.1 Å². The number of ether oxygens (including phenoxy) is 1. The summed E-state index contributed by atoms with van der Waals surface area (Å²) in [6, 6.07) is 5.28. The molecule has 18 heavy (non-hydrogen) atoms. The standard InChI is InChI=1S/C13H19NO3S/c1-9-3-4-12(17-2)10(7-9)8-18-6-5-11(14)13(15)16/h3-4,7,11H,5-6,8,14H2,1-2H3,(H,15,16). The van der Waals surface area contributed by atoms with Crippen molar-refractivity contribution in [2.24, 2.45) is 5.73 Å². The van der Waals surface area contributed by atoms with E-state index in [0.29, 0.717) is 6.42 Å². The van der Waals surface area contributed by atoms with Gasteiger partial charge in [-0.05, 0) is 25.2 Å². The third kappa shape index (κ3) is 4.58. The molecule has 4 nitrogen and oxygen atoms in total. The summed E-state index contributed by atoms with van der Waals surface area (Å²) in [5.41, 5.74) is 7.76. The smallest absolute Gasteiger partial charge is 0.320 e. The number of thioether (sulfide) groups is 1. The first-order chi connectivity index (χ1) is 8.54. The zero-order valence-electron chi connectivity index (χ0n) is 10.7. The van der Waals surface area contributed by atoms with Crippen LogP contribution in [0.3, 0.4) is 0 Å². The van der Waals surface area contributed by atoms with Crippen LogP contribution in [0.5, 0.6) is 5.75 Å². The molecule has 0 spiro atoms. The van der Waals surface area contributed by atoms with E-state index in [1.165, 1.54) is 5.56 Å². The van der Waals surface area contributed by atoms with Gasteiger partial charge in [0.1, 0.15) is 11.8 Å². The van der Waals surface area contributed by atoms with Crippen LogP contribution >= 0.6 is 11.8 Å². The van der Waals surface area contributed by atoms with Crippen molar-refractivity contribution in [3.8, 4) is 5.75 Å². The predicted molar refractivity (Wildman–Crippen MR) is 74.1 cm³/mol. The molecule has 0 heterocycles. The van der Waals surface area contributed by atoms with Crippen molar-refractivity contribution < 1.29 is 14.6 Å². The van der Waals surface area contributed by atoms with E-state index in [4.69, 9.17) is 15.6 Å². The molecule has 0 aliphatic carbocycles. The minimum atomic E-state index is -0.941. The van der Waals surface area contributed by atoms with E-state index in [9.17, 15) is 4.79 Å². The van der Waals surface area contributed by atoms with Gasteiger partial charge in [-0.15, -0.1) is 0 Å². The molecule has 0 radical (unpaired) electrons. The summed E-state index contributed by atoms with van der Waals surface area (Å²) >= 11 is 1.67. The first kappa shape index (κ1) is 14.9. The van der Waals surface area contributed by atoms with Crippen LogP contribution in [-0.4, -0.2) is 30.0 Å². The van der Waals surface area contributed by atoms with Crippen LogP contribution in [0.15, 0.2) is 18.2 Å². The fraction of sp³-hybridized carbons (Fsp3) is 0.462. The summed E-state index contributed by atoms with van der Waals surface area (Å²) in [6.45, 7) is 2.04. The molecule has 3 N–H and O–H groups in total. The van der Waals surface area contributed by atoms with Crippen LogP contribution in [0.1, 0.15) is 17.5 Å². The van der Waals surface area contributed by atoms with E-state index in [0.717, 1.165) is 22.8 Å². The van der Waals surface area contributed by atoms with Gasteiger partial charge < -0.3 is 15.6 Å². The van der Waals surface area contributed by atoms with E-state index in [-0.39, 0.29) is 0 Å². The summed E-state index contributed by atoms with van der Waals surface area (Å²) in [7, 11) is 1.65. The number of nitrogens with two attached hydrogens (primary N) is 1. The Balaban J connectivity index is 2.43. The quantitative estimate of drug-likeness (QED) is 0.741. The molecular formula is C13H19NO3S. The highest BCUT2D eigenvalue weighted by atomic mass is 32.2. The molecule has 0 aliphatic rings. The number of aliphatic carboxylic acids is 1. The highest BCUT2D eigenvalue weighted by molar-refractivity contribution is 7.98. The maximum Gasteiger partial charge on any atom is 0.320 e. The molecule has 1 aromatic rings. The minimum Gasteiger partial charge on any atom is -0.496 e. The number of hydrogen-bond donors (Lipinski definition) is 2. The molecule has 0 aliphatic heterocycles. The summed E-state index contributed by atoms with van der Waals surface area (Å²) in [5, 5.41) is 8.66. The highest BCUT2D eigenvalue weighted by Crippen LogP contribution is 2.24. The molecule has 0 amide bonds. The number of methoxy groups -OCH3 is 1. The lowest BCUT2D eigenvalue weighted by molar-refractivity contribution is -0.138. The minimum absolute atomic E-state index is 0.480. The van der Waals surface area contributed by atoms with Gasteiger partial charge in [0.2, 0.25) is 0 Å². The Bertz CT molecular complexity index is 409. The summed E-state index contributed by atoms with van der Waals surface area (Å²) in [6.07, 6.45) is 0.480. The number of carboxylic acid groups (broad SMARTS) is 1. The van der Waals surface area contributed by atoms with Gasteiger partial charge in [-0.3, -0.25) is 4.79 Å². The van der Waals surface area contributed by atoms with E-state index in [2.05, 4.69) is 6.07 Å². The second-order valence-corrected chi connectivity index (χ2v) is 5.21. The summed E-state index contributed by atoms with van der Waals surface area (Å²) in [4.78, 5) is 10.6. The molecule has 1 atom stereocenters. The number of benzene rings is 1. The molecule has 1 unspecified atom stereocenters. The van der Waals surface area contributed by atoms with Gasteiger partial charge in [0.05, 0.1) is 7.11 Å². The van der Waals surface area contributed by atoms with E-state index < -0.39 is 12.0 Å². The van der Waals surface area contributed by atoms with Gasteiger partial charge in [-0.1, -0.05) is 17.7 Å². The molecule has 0 aromatic heterocycles. The zero-order chi connectivity index (χ0) is 13.5. The molecule has 1 aromatic carbocycles. The predicted octanol–water partition coefficient (Wildman–Crippen LogP) is 2.04. The van der Waals surface area contributed by atoms with Crippen LogP contribution in [0.2, 0.25) is 0 Å². The third-order valence-electron chi connectivity index (χ3n) is 2.58. The topological polar surface area (TPSA) is 72.5 Å². The Kier molecular flexibility index (Phi) is 6.01. The van der Waals surface area contributed by atoms with Crippen molar-refractivity contribution in [1.82, 2.24) is 0 Å². The summed E-state index contributed by atoms with van der Waals surface area (Å²) < 4.78 is 5.28. The molecule has 1 rings (SSSR count). The fourth-order valence-electron chi connectivity index (χ4n) is 1.54. The average Bonchev–Trinajstić information content (AvgIpc) is 2.34. The number of hydrogen-bond acceptors (Lipinski definition) is 4. The Morgan fingerprint density at radius 1 is 1.56 bits per heavy atom. The van der Waals surface area contributed by atoms with E-state index in [1.807, 2.05) is 19.1 Å². The maximum atomic E-state index is 10.6. The van der Waals surface area contributed by atoms with Gasteiger partial charge in [0.15, 0.2) is 0 Å². The first-order valence-electron chi connectivity index (χ1n) is 5.74.